The largest absolute Gasteiger partial charge is 0.508 e. The summed E-state index contributed by atoms with van der Waals surface area (Å²) in [7, 11) is -1.09. The van der Waals surface area contributed by atoms with Crippen molar-refractivity contribution in [2.45, 2.75) is 6.10 Å². The van der Waals surface area contributed by atoms with E-state index < -0.39 is 7.12 Å². The van der Waals surface area contributed by atoms with Gasteiger partial charge in [-0.3, -0.25) is 0 Å². The molecule has 4 nitrogen and oxygen atoms in total. The smallest absolute Gasteiger partial charge is 0.495 e. The maximum atomic E-state index is 9.54. The van der Waals surface area contributed by atoms with Crippen molar-refractivity contribution in [3.8, 4) is 5.75 Å². The van der Waals surface area contributed by atoms with E-state index in [1.165, 1.54) is 6.07 Å². The Kier molecular flexibility index (Phi) is 2.53. The molecule has 0 amide bonds. The molecule has 0 radical (unpaired) electrons. The van der Waals surface area contributed by atoms with Gasteiger partial charge in [0.2, 0.25) is 0 Å². The average Bonchev–Trinajstić information content (AvgIpc) is 2.50. The normalized spacial score (nSPS) is 19.9. The molecule has 0 bridgehead atoms. The van der Waals surface area contributed by atoms with E-state index in [1.807, 2.05) is 0 Å². The predicted molar refractivity (Wildman–Crippen MR) is 56.3 cm³/mol. The Morgan fingerprint density at radius 1 is 1.57 bits per heavy atom. The number of phenols is 1. The van der Waals surface area contributed by atoms with Crippen molar-refractivity contribution in [2.24, 2.45) is 5.73 Å². The van der Waals surface area contributed by atoms with Gasteiger partial charge in [0.05, 0.1) is 6.10 Å². The Morgan fingerprint density at radius 3 is 2.93 bits per heavy atom. The van der Waals surface area contributed by atoms with Gasteiger partial charge in [-0.2, -0.15) is 0 Å². The first-order valence-electron chi connectivity index (χ1n) is 4.20. The number of fused-ring (bicyclic) bond motifs is 1. The van der Waals surface area contributed by atoms with Crippen molar-refractivity contribution >= 4 is 28.5 Å². The van der Waals surface area contributed by atoms with Crippen molar-refractivity contribution in [3.63, 3.8) is 0 Å². The van der Waals surface area contributed by atoms with Gasteiger partial charge in [0.25, 0.3) is 0 Å². The van der Waals surface area contributed by atoms with Crippen LogP contribution in [0, 0.1) is 0 Å². The van der Waals surface area contributed by atoms with Crippen LogP contribution >= 0.6 is 15.9 Å². The van der Waals surface area contributed by atoms with Crippen LogP contribution in [-0.4, -0.2) is 23.8 Å². The van der Waals surface area contributed by atoms with Gasteiger partial charge < -0.3 is 20.5 Å². The van der Waals surface area contributed by atoms with Crippen LogP contribution in [0.15, 0.2) is 16.6 Å². The van der Waals surface area contributed by atoms with Crippen LogP contribution < -0.4 is 11.2 Å². The second-order valence-corrected chi connectivity index (χ2v) is 3.96. The zero-order valence-corrected chi connectivity index (χ0v) is 8.86. The van der Waals surface area contributed by atoms with Gasteiger partial charge in [-0.05, 0) is 17.7 Å². The third-order valence-electron chi connectivity index (χ3n) is 2.29. The number of hydrogen-bond donors (Lipinski definition) is 3. The van der Waals surface area contributed by atoms with Crippen molar-refractivity contribution in [1.82, 2.24) is 0 Å². The van der Waals surface area contributed by atoms with E-state index in [-0.39, 0.29) is 18.4 Å². The molecule has 0 aromatic heterocycles. The molecule has 0 saturated carbocycles. The zero-order valence-electron chi connectivity index (χ0n) is 7.27. The van der Waals surface area contributed by atoms with E-state index in [0.717, 1.165) is 10.0 Å². The summed E-state index contributed by atoms with van der Waals surface area (Å²) in [5.41, 5.74) is 6.64. The first kappa shape index (κ1) is 9.98. The molecule has 0 fully saturated rings. The Bertz CT molecular complexity index is 374. The topological polar surface area (TPSA) is 75.7 Å². The third kappa shape index (κ3) is 1.35. The Hall–Kier alpha value is -0.555. The fourth-order valence-corrected chi connectivity index (χ4v) is 2.25. The lowest BCUT2D eigenvalue weighted by Crippen LogP contribution is -2.28. The van der Waals surface area contributed by atoms with E-state index in [1.54, 1.807) is 6.07 Å². The molecule has 1 aliphatic rings. The highest BCUT2D eigenvalue weighted by molar-refractivity contribution is 9.10. The standard InChI is InChI=1S/C8H9BBrNO3/c10-4-1-2-5(12)8-7(4)6(3-11)14-9(8)13/h1-2,6,12-13H,3,11H2. The third-order valence-corrected chi connectivity index (χ3v) is 2.98. The average molecular weight is 258 g/mol. The van der Waals surface area contributed by atoms with Crippen LogP contribution in [0.3, 0.4) is 0 Å². The van der Waals surface area contributed by atoms with Gasteiger partial charge in [-0.25, -0.2) is 0 Å². The summed E-state index contributed by atoms with van der Waals surface area (Å²) in [5, 5.41) is 19.1. The van der Waals surface area contributed by atoms with Crippen molar-refractivity contribution in [2.75, 3.05) is 6.54 Å². The maximum absolute atomic E-state index is 9.54. The molecule has 74 valence electrons. The molecule has 0 spiro atoms. The van der Waals surface area contributed by atoms with Crippen LogP contribution in [0.25, 0.3) is 0 Å². The number of hydrogen-bond acceptors (Lipinski definition) is 4. The first-order valence-corrected chi connectivity index (χ1v) is 4.99. The molecule has 0 aliphatic carbocycles. The summed E-state index contributed by atoms with van der Waals surface area (Å²) in [4.78, 5) is 0. The lowest BCUT2D eigenvalue weighted by atomic mass is 9.78. The minimum absolute atomic E-state index is 0.0339. The molecular weight excluding hydrogens is 249 g/mol. The number of phenolic OH excluding ortho intramolecular Hbond substituents is 1. The van der Waals surface area contributed by atoms with Crippen LogP contribution in [0.2, 0.25) is 0 Å². The van der Waals surface area contributed by atoms with Crippen molar-refractivity contribution in [1.29, 1.82) is 0 Å². The SMILES string of the molecule is NCC1OB(O)c2c(O)ccc(Br)c21. The fourth-order valence-electron chi connectivity index (χ4n) is 1.65. The molecule has 1 unspecified atom stereocenters. The molecule has 6 heteroatoms. The van der Waals surface area contributed by atoms with Crippen LogP contribution in [0.4, 0.5) is 0 Å². The lowest BCUT2D eigenvalue weighted by molar-refractivity contribution is 0.197. The second-order valence-electron chi connectivity index (χ2n) is 3.11. The second kappa shape index (κ2) is 3.54. The summed E-state index contributed by atoms with van der Waals surface area (Å²) in [5.74, 6) is 0.0339. The van der Waals surface area contributed by atoms with Gasteiger partial charge in [0.1, 0.15) is 5.75 Å². The van der Waals surface area contributed by atoms with E-state index in [0.29, 0.717) is 5.46 Å². The van der Waals surface area contributed by atoms with Crippen LogP contribution in [-0.2, 0) is 4.65 Å². The summed E-state index contributed by atoms with van der Waals surface area (Å²) in [6, 6.07) is 3.21. The summed E-state index contributed by atoms with van der Waals surface area (Å²) < 4.78 is 5.97. The molecule has 1 aromatic rings. The highest BCUT2D eigenvalue weighted by Crippen LogP contribution is 2.32. The molecule has 1 atom stereocenters. The summed E-state index contributed by atoms with van der Waals surface area (Å²) >= 11 is 3.33. The van der Waals surface area contributed by atoms with E-state index in [9.17, 15) is 10.1 Å². The minimum Gasteiger partial charge on any atom is -0.508 e. The molecule has 1 heterocycles. The van der Waals surface area contributed by atoms with Crippen LogP contribution in [0.1, 0.15) is 11.7 Å². The molecule has 4 N–H and O–H groups in total. The predicted octanol–water partition coefficient (Wildman–Crippen LogP) is -0.128. The summed E-state index contributed by atoms with van der Waals surface area (Å²) in [6.45, 7) is 0.270. The fraction of sp³-hybridized carbons (Fsp3) is 0.250. The lowest BCUT2D eigenvalue weighted by Gasteiger charge is -2.10. The van der Waals surface area contributed by atoms with Gasteiger partial charge in [0, 0.05) is 16.5 Å². The Balaban J connectivity index is 2.60. The highest BCUT2D eigenvalue weighted by Gasteiger charge is 2.38. The zero-order chi connectivity index (χ0) is 10.3. The molecule has 1 aromatic carbocycles. The Labute approximate surface area is 90.0 Å². The Morgan fingerprint density at radius 2 is 2.29 bits per heavy atom. The van der Waals surface area contributed by atoms with Gasteiger partial charge in [-0.1, -0.05) is 15.9 Å². The summed E-state index contributed by atoms with van der Waals surface area (Å²) in [6.07, 6.45) is -0.360. The van der Waals surface area contributed by atoms with Gasteiger partial charge in [-0.15, -0.1) is 0 Å². The minimum atomic E-state index is -1.09. The van der Waals surface area contributed by atoms with E-state index >= 15 is 0 Å². The molecular formula is C8H9BBrNO3. The van der Waals surface area contributed by atoms with Gasteiger partial charge >= 0.3 is 7.12 Å². The van der Waals surface area contributed by atoms with Crippen LogP contribution in [0.5, 0.6) is 5.75 Å². The van der Waals surface area contributed by atoms with E-state index in [2.05, 4.69) is 15.9 Å². The number of rotatable bonds is 1. The van der Waals surface area contributed by atoms with E-state index in [4.69, 9.17) is 10.4 Å². The quantitative estimate of drug-likeness (QED) is 0.613. The molecule has 0 saturated heterocycles. The first-order chi connectivity index (χ1) is 6.65. The monoisotopic (exact) mass is 257 g/mol. The van der Waals surface area contributed by atoms with Crippen molar-refractivity contribution in [3.05, 3.63) is 22.2 Å². The maximum Gasteiger partial charge on any atom is 0.495 e. The number of aromatic hydroxyl groups is 1. The molecule has 14 heavy (non-hydrogen) atoms. The molecule has 1 aliphatic heterocycles. The number of halogens is 1. The number of nitrogens with two attached hydrogens (primary N) is 1. The highest BCUT2D eigenvalue weighted by atomic mass is 79.9. The number of benzene rings is 1. The van der Waals surface area contributed by atoms with Gasteiger partial charge in [0.15, 0.2) is 0 Å². The molecule has 2 rings (SSSR count). The van der Waals surface area contributed by atoms with Crippen molar-refractivity contribution < 1.29 is 14.8 Å².